The van der Waals surface area contributed by atoms with Gasteiger partial charge in [-0.15, -0.1) is 11.3 Å². The second-order valence-corrected chi connectivity index (χ2v) is 6.26. The van der Waals surface area contributed by atoms with Gasteiger partial charge in [0.25, 0.3) is 0 Å². The fourth-order valence-electron chi connectivity index (χ4n) is 2.49. The second-order valence-electron chi connectivity index (χ2n) is 4.40. The molecule has 2 nitrogen and oxygen atoms in total. The van der Waals surface area contributed by atoms with Crippen molar-refractivity contribution in [2.45, 2.75) is 38.3 Å². The van der Waals surface area contributed by atoms with E-state index in [0.29, 0.717) is 6.04 Å². The second kappa shape index (κ2) is 5.63. The summed E-state index contributed by atoms with van der Waals surface area (Å²) >= 11 is 5.35. The Morgan fingerprint density at radius 3 is 3.00 bits per heavy atom. The average Bonchev–Trinajstić information content (AvgIpc) is 2.59. The monoisotopic (exact) mass is 302 g/mol. The third-order valence-electron chi connectivity index (χ3n) is 3.32. The van der Waals surface area contributed by atoms with Gasteiger partial charge in [-0.2, -0.15) is 0 Å². The van der Waals surface area contributed by atoms with Gasteiger partial charge in [0.2, 0.25) is 0 Å². The third-order valence-corrected chi connectivity index (χ3v) is 5.08. The molecule has 90 valence electrons. The number of likely N-dealkylation sites (tertiary alicyclic amines) is 1. The molecule has 0 bridgehead atoms. The van der Waals surface area contributed by atoms with Crippen molar-refractivity contribution in [2.24, 2.45) is 5.73 Å². The zero-order valence-corrected chi connectivity index (χ0v) is 12.1. The molecule has 2 N–H and O–H groups in total. The number of rotatable bonds is 2. The van der Waals surface area contributed by atoms with Gasteiger partial charge < -0.3 is 5.73 Å². The highest BCUT2D eigenvalue weighted by Crippen LogP contribution is 2.34. The zero-order chi connectivity index (χ0) is 11.5. The van der Waals surface area contributed by atoms with Crippen LogP contribution in [0.4, 0.5) is 0 Å². The lowest BCUT2D eigenvalue weighted by Crippen LogP contribution is -2.39. The average molecular weight is 303 g/mol. The Labute approximate surface area is 110 Å². The van der Waals surface area contributed by atoms with Crippen molar-refractivity contribution in [3.8, 4) is 0 Å². The topological polar surface area (TPSA) is 29.3 Å². The lowest BCUT2D eigenvalue weighted by molar-refractivity contribution is 0.198. The summed E-state index contributed by atoms with van der Waals surface area (Å²) in [6.07, 6.45) is 3.70. The maximum Gasteiger partial charge on any atom is 0.0593 e. The predicted molar refractivity (Wildman–Crippen MR) is 73.8 cm³/mol. The first-order valence-corrected chi connectivity index (χ1v) is 7.63. The lowest BCUT2D eigenvalue weighted by Gasteiger charge is -2.31. The van der Waals surface area contributed by atoms with Gasteiger partial charge in [0.1, 0.15) is 0 Å². The molecule has 1 aliphatic rings. The van der Waals surface area contributed by atoms with Crippen LogP contribution in [0.1, 0.15) is 37.1 Å². The smallest absolute Gasteiger partial charge is 0.0593 e. The normalized spacial score (nSPS) is 27.9. The molecule has 1 aromatic heterocycles. The standard InChI is InChI=1S/C12H19BrN2S/c1-2-15-6-4-3-5-10(14)12(15)11-7-9(13)8-16-11/h7-8,10,12H,2-6,14H2,1H3. The van der Waals surface area contributed by atoms with Crippen LogP contribution in [-0.2, 0) is 0 Å². The molecule has 1 aliphatic heterocycles. The highest BCUT2D eigenvalue weighted by atomic mass is 79.9. The SMILES string of the molecule is CCN1CCCCC(N)C1c1cc(Br)cs1. The van der Waals surface area contributed by atoms with Crippen molar-refractivity contribution in [2.75, 3.05) is 13.1 Å². The molecule has 0 aliphatic carbocycles. The van der Waals surface area contributed by atoms with Gasteiger partial charge >= 0.3 is 0 Å². The molecule has 0 amide bonds. The summed E-state index contributed by atoms with van der Waals surface area (Å²) in [5.74, 6) is 0. The summed E-state index contributed by atoms with van der Waals surface area (Å²) in [5, 5.41) is 2.15. The summed E-state index contributed by atoms with van der Waals surface area (Å²) in [4.78, 5) is 3.93. The number of hydrogen-bond donors (Lipinski definition) is 1. The van der Waals surface area contributed by atoms with Crippen LogP contribution in [0.15, 0.2) is 15.9 Å². The molecule has 4 heteroatoms. The van der Waals surface area contributed by atoms with E-state index in [1.165, 1.54) is 28.7 Å². The van der Waals surface area contributed by atoms with E-state index >= 15 is 0 Å². The molecule has 16 heavy (non-hydrogen) atoms. The number of nitrogens with two attached hydrogens (primary N) is 1. The van der Waals surface area contributed by atoms with Crippen molar-refractivity contribution in [3.63, 3.8) is 0 Å². The first-order valence-electron chi connectivity index (χ1n) is 5.96. The summed E-state index contributed by atoms with van der Waals surface area (Å²) in [5.41, 5.74) is 6.34. The quantitative estimate of drug-likeness (QED) is 0.907. The van der Waals surface area contributed by atoms with Crippen LogP contribution in [0.25, 0.3) is 0 Å². The molecular weight excluding hydrogens is 284 g/mol. The molecule has 0 aromatic carbocycles. The minimum Gasteiger partial charge on any atom is -0.326 e. The molecule has 1 aromatic rings. The van der Waals surface area contributed by atoms with Crippen LogP contribution in [-0.4, -0.2) is 24.0 Å². The van der Waals surface area contributed by atoms with E-state index in [1.54, 1.807) is 0 Å². The number of halogens is 1. The van der Waals surface area contributed by atoms with Gasteiger partial charge in [0.05, 0.1) is 6.04 Å². The van der Waals surface area contributed by atoms with Gasteiger partial charge in [-0.3, -0.25) is 4.90 Å². The molecule has 0 radical (unpaired) electrons. The van der Waals surface area contributed by atoms with Gasteiger partial charge in [0.15, 0.2) is 0 Å². The Morgan fingerprint density at radius 2 is 2.38 bits per heavy atom. The van der Waals surface area contributed by atoms with Crippen molar-refractivity contribution >= 4 is 27.3 Å². The predicted octanol–water partition coefficient (Wildman–Crippen LogP) is 3.38. The van der Waals surface area contributed by atoms with Crippen molar-refractivity contribution in [1.29, 1.82) is 0 Å². The van der Waals surface area contributed by atoms with Crippen molar-refractivity contribution in [1.82, 2.24) is 4.90 Å². The van der Waals surface area contributed by atoms with Crippen LogP contribution in [0.3, 0.4) is 0 Å². The molecule has 2 atom stereocenters. The van der Waals surface area contributed by atoms with Gasteiger partial charge in [0, 0.05) is 20.8 Å². The minimum absolute atomic E-state index is 0.285. The van der Waals surface area contributed by atoms with Crippen molar-refractivity contribution < 1.29 is 0 Å². The molecular formula is C12H19BrN2S. The first-order chi connectivity index (χ1) is 7.72. The molecule has 1 saturated heterocycles. The van der Waals surface area contributed by atoms with Crippen LogP contribution in [0, 0.1) is 0 Å². The Bertz CT molecular complexity index is 340. The maximum atomic E-state index is 6.34. The van der Waals surface area contributed by atoms with Gasteiger partial charge in [-0.1, -0.05) is 13.3 Å². The zero-order valence-electron chi connectivity index (χ0n) is 9.66. The minimum atomic E-state index is 0.285. The molecule has 2 heterocycles. The van der Waals surface area contributed by atoms with Crippen molar-refractivity contribution in [3.05, 3.63) is 20.8 Å². The van der Waals surface area contributed by atoms with E-state index in [-0.39, 0.29) is 6.04 Å². The highest BCUT2D eigenvalue weighted by Gasteiger charge is 2.28. The van der Waals surface area contributed by atoms with E-state index in [1.807, 2.05) is 11.3 Å². The lowest BCUT2D eigenvalue weighted by atomic mass is 10.0. The van der Waals surface area contributed by atoms with E-state index < -0.39 is 0 Å². The van der Waals surface area contributed by atoms with E-state index in [4.69, 9.17) is 5.73 Å². The maximum absolute atomic E-state index is 6.34. The molecule has 0 spiro atoms. The van der Waals surface area contributed by atoms with Crippen LogP contribution < -0.4 is 5.73 Å². The molecule has 2 rings (SSSR count). The molecule has 2 unspecified atom stereocenters. The van der Waals surface area contributed by atoms with Gasteiger partial charge in [-0.05, 0) is 47.9 Å². The van der Waals surface area contributed by atoms with Crippen LogP contribution in [0.5, 0.6) is 0 Å². The Hall–Kier alpha value is 0.1000. The molecule has 0 saturated carbocycles. The van der Waals surface area contributed by atoms with Crippen LogP contribution >= 0.6 is 27.3 Å². The van der Waals surface area contributed by atoms with Crippen LogP contribution in [0.2, 0.25) is 0 Å². The fourth-order valence-corrected chi connectivity index (χ4v) is 4.15. The number of nitrogens with zero attached hydrogens (tertiary/aromatic N) is 1. The van der Waals surface area contributed by atoms with E-state index in [2.05, 4.69) is 39.2 Å². The fraction of sp³-hybridized carbons (Fsp3) is 0.667. The first kappa shape index (κ1) is 12.6. The number of thiophene rings is 1. The number of likely N-dealkylation sites (N-methyl/N-ethyl adjacent to an activating group) is 1. The summed E-state index contributed by atoms with van der Waals surface area (Å²) < 4.78 is 1.18. The van der Waals surface area contributed by atoms with E-state index in [0.717, 1.165) is 13.0 Å². The summed E-state index contributed by atoms with van der Waals surface area (Å²) in [6, 6.07) is 2.93. The summed E-state index contributed by atoms with van der Waals surface area (Å²) in [7, 11) is 0. The third kappa shape index (κ3) is 2.67. The van der Waals surface area contributed by atoms with Gasteiger partial charge in [-0.25, -0.2) is 0 Å². The van der Waals surface area contributed by atoms with E-state index in [9.17, 15) is 0 Å². The molecule has 1 fully saturated rings. The summed E-state index contributed by atoms with van der Waals surface area (Å²) in [6.45, 7) is 4.51. The Morgan fingerprint density at radius 1 is 1.56 bits per heavy atom. The largest absolute Gasteiger partial charge is 0.326 e. The highest BCUT2D eigenvalue weighted by molar-refractivity contribution is 9.10. The number of hydrogen-bond acceptors (Lipinski definition) is 3. The Kier molecular flexibility index (Phi) is 4.41. The Balaban J connectivity index is 2.25.